The van der Waals surface area contributed by atoms with Crippen molar-refractivity contribution in [1.29, 1.82) is 0 Å². The number of hydrogen-bond donors (Lipinski definition) is 1. The van der Waals surface area contributed by atoms with Gasteiger partial charge in [-0.15, -0.1) is 0 Å². The van der Waals surface area contributed by atoms with Crippen LogP contribution in [0, 0.1) is 10.1 Å². The van der Waals surface area contributed by atoms with Gasteiger partial charge < -0.3 is 9.84 Å². The summed E-state index contributed by atoms with van der Waals surface area (Å²) in [6, 6.07) is 5.45. The summed E-state index contributed by atoms with van der Waals surface area (Å²) < 4.78 is 5.39. The van der Waals surface area contributed by atoms with E-state index in [4.69, 9.17) is 27.9 Å². The molecule has 0 amide bonds. The van der Waals surface area contributed by atoms with Gasteiger partial charge >= 0.3 is 5.69 Å². The van der Waals surface area contributed by atoms with Crippen LogP contribution in [0.4, 0.5) is 5.69 Å². The van der Waals surface area contributed by atoms with E-state index in [2.05, 4.69) is 4.98 Å². The van der Waals surface area contributed by atoms with Crippen LogP contribution in [0.3, 0.4) is 0 Å². The van der Waals surface area contributed by atoms with E-state index < -0.39 is 11.0 Å². The maximum atomic E-state index is 11.0. The van der Waals surface area contributed by atoms with Gasteiger partial charge in [-0.1, -0.05) is 23.2 Å². The van der Waals surface area contributed by atoms with Gasteiger partial charge in [0, 0.05) is 24.4 Å². The number of nitro groups is 1. The number of hydrogen-bond acceptors (Lipinski definition) is 5. The monoisotopic (exact) mass is 328 g/mol. The molecule has 0 radical (unpaired) electrons. The zero-order valence-electron chi connectivity index (χ0n) is 10.8. The zero-order chi connectivity index (χ0) is 15.6. The Balaban J connectivity index is 2.41. The van der Waals surface area contributed by atoms with Crippen molar-refractivity contribution in [3.8, 4) is 11.6 Å². The lowest BCUT2D eigenvalue weighted by Gasteiger charge is -2.09. The summed E-state index contributed by atoms with van der Waals surface area (Å²) in [5, 5.41) is 20.7. The summed E-state index contributed by atoms with van der Waals surface area (Å²) in [6.45, 7) is 1.58. The molecule has 0 saturated heterocycles. The first-order valence-electron chi connectivity index (χ1n) is 5.84. The second-order valence-corrected chi connectivity index (χ2v) is 5.01. The lowest BCUT2D eigenvalue weighted by molar-refractivity contribution is -0.385. The van der Waals surface area contributed by atoms with Crippen LogP contribution in [0.15, 0.2) is 30.5 Å². The van der Waals surface area contributed by atoms with Crippen molar-refractivity contribution in [1.82, 2.24) is 4.98 Å². The van der Waals surface area contributed by atoms with Gasteiger partial charge in [0.1, 0.15) is 0 Å². The van der Waals surface area contributed by atoms with Crippen LogP contribution in [0.25, 0.3) is 0 Å². The number of pyridine rings is 1. The van der Waals surface area contributed by atoms with Gasteiger partial charge in [0.05, 0.1) is 21.1 Å². The first-order valence-corrected chi connectivity index (χ1v) is 6.59. The molecule has 0 aliphatic rings. The van der Waals surface area contributed by atoms with Crippen molar-refractivity contribution in [3.05, 3.63) is 56.2 Å². The highest BCUT2D eigenvalue weighted by Gasteiger charge is 2.19. The highest BCUT2D eigenvalue weighted by Crippen LogP contribution is 2.37. The number of aliphatic hydroxyl groups is 1. The number of nitrogens with zero attached hydrogens (tertiary/aromatic N) is 2. The van der Waals surface area contributed by atoms with Crippen molar-refractivity contribution in [3.63, 3.8) is 0 Å². The molecule has 0 saturated carbocycles. The summed E-state index contributed by atoms with van der Waals surface area (Å²) in [5.41, 5.74) is 0.247. The van der Waals surface area contributed by atoms with E-state index in [-0.39, 0.29) is 27.4 Å². The Labute approximate surface area is 130 Å². The largest absolute Gasteiger partial charge is 0.432 e. The zero-order valence-corrected chi connectivity index (χ0v) is 12.3. The first kappa shape index (κ1) is 15.5. The summed E-state index contributed by atoms with van der Waals surface area (Å²) >= 11 is 11.6. The summed E-state index contributed by atoms with van der Waals surface area (Å²) in [7, 11) is 0. The Hall–Kier alpha value is -1.89. The van der Waals surface area contributed by atoms with Crippen molar-refractivity contribution >= 4 is 28.9 Å². The van der Waals surface area contributed by atoms with Crippen LogP contribution in [-0.2, 0) is 0 Å². The molecule has 0 bridgehead atoms. The highest BCUT2D eigenvalue weighted by molar-refractivity contribution is 6.42. The molecule has 6 nitrogen and oxygen atoms in total. The molecule has 0 spiro atoms. The van der Waals surface area contributed by atoms with Gasteiger partial charge in [0.2, 0.25) is 11.6 Å². The molecule has 21 heavy (non-hydrogen) atoms. The predicted octanol–water partition coefficient (Wildman–Crippen LogP) is 4.14. The molecule has 2 rings (SSSR count). The second-order valence-electron chi connectivity index (χ2n) is 4.20. The van der Waals surface area contributed by atoms with Gasteiger partial charge in [-0.25, -0.2) is 4.98 Å². The maximum absolute atomic E-state index is 11.0. The first-order chi connectivity index (χ1) is 9.88. The minimum atomic E-state index is -0.709. The van der Waals surface area contributed by atoms with Crippen LogP contribution >= 0.6 is 23.2 Å². The van der Waals surface area contributed by atoms with Gasteiger partial charge in [-0.3, -0.25) is 10.1 Å². The summed E-state index contributed by atoms with van der Waals surface area (Å²) in [5.74, 6) is 0.0273. The van der Waals surface area contributed by atoms with E-state index in [9.17, 15) is 15.2 Å². The van der Waals surface area contributed by atoms with Gasteiger partial charge in [0.15, 0.2) is 0 Å². The fourth-order valence-corrected chi connectivity index (χ4v) is 1.91. The lowest BCUT2D eigenvalue weighted by Crippen LogP contribution is -1.97. The molecule has 8 heteroatoms. The van der Waals surface area contributed by atoms with Crippen molar-refractivity contribution in [2.75, 3.05) is 0 Å². The van der Waals surface area contributed by atoms with Crippen molar-refractivity contribution < 1.29 is 14.8 Å². The molecule has 1 heterocycles. The normalized spacial score (nSPS) is 12.0. The van der Waals surface area contributed by atoms with Crippen LogP contribution in [0.2, 0.25) is 10.0 Å². The molecule has 0 fully saturated rings. The molecule has 110 valence electrons. The van der Waals surface area contributed by atoms with E-state index in [1.54, 1.807) is 13.0 Å². The van der Waals surface area contributed by atoms with Crippen LogP contribution in [0.5, 0.6) is 11.6 Å². The molecule has 1 aromatic carbocycles. The smallest absolute Gasteiger partial charge is 0.313 e. The van der Waals surface area contributed by atoms with E-state index in [1.165, 1.54) is 18.3 Å². The number of benzene rings is 1. The Morgan fingerprint density at radius 2 is 2.00 bits per heavy atom. The molecule has 0 aliphatic carbocycles. The van der Waals surface area contributed by atoms with Crippen molar-refractivity contribution in [2.24, 2.45) is 0 Å². The average Bonchev–Trinajstić information content (AvgIpc) is 2.42. The third kappa shape index (κ3) is 3.60. The van der Waals surface area contributed by atoms with Gasteiger partial charge in [0.25, 0.3) is 0 Å². The quantitative estimate of drug-likeness (QED) is 0.673. The number of rotatable bonds is 4. The summed E-state index contributed by atoms with van der Waals surface area (Å²) in [6.07, 6.45) is 0.722. The van der Waals surface area contributed by atoms with E-state index in [1.807, 2.05) is 0 Å². The number of nitro benzene ring substituents is 1. The van der Waals surface area contributed by atoms with Crippen LogP contribution in [-0.4, -0.2) is 15.0 Å². The number of ether oxygens (including phenoxy) is 1. The van der Waals surface area contributed by atoms with Crippen molar-refractivity contribution in [2.45, 2.75) is 13.0 Å². The molecular formula is C13H10Cl2N2O4. The fraction of sp³-hybridized carbons (Fsp3) is 0.154. The van der Waals surface area contributed by atoms with Gasteiger partial charge in [-0.05, 0) is 18.6 Å². The van der Waals surface area contributed by atoms with E-state index >= 15 is 0 Å². The van der Waals surface area contributed by atoms with Crippen LogP contribution in [0.1, 0.15) is 18.6 Å². The Morgan fingerprint density at radius 1 is 1.33 bits per heavy atom. The molecule has 1 atom stereocenters. The lowest BCUT2D eigenvalue weighted by atomic mass is 10.2. The second kappa shape index (κ2) is 6.26. The average molecular weight is 329 g/mol. The molecule has 2 aromatic rings. The minimum Gasteiger partial charge on any atom is -0.432 e. The number of halogens is 2. The van der Waals surface area contributed by atoms with Crippen LogP contribution < -0.4 is 4.74 Å². The minimum absolute atomic E-state index is 0.0569. The topological polar surface area (TPSA) is 85.5 Å². The maximum Gasteiger partial charge on any atom is 0.313 e. The molecular weight excluding hydrogens is 319 g/mol. The summed E-state index contributed by atoms with van der Waals surface area (Å²) in [4.78, 5) is 14.3. The number of aliphatic hydroxyl groups excluding tert-OH is 1. The molecule has 1 aromatic heterocycles. The Kier molecular flexibility index (Phi) is 4.62. The number of aromatic nitrogens is 1. The highest BCUT2D eigenvalue weighted by atomic mass is 35.5. The SMILES string of the molecule is C[C@@H](O)c1ccnc(Oc2cc(Cl)c(Cl)cc2[N+](=O)[O-])c1. The third-order valence-electron chi connectivity index (χ3n) is 2.65. The molecule has 0 aliphatic heterocycles. The Bertz CT molecular complexity index is 692. The standard InChI is InChI=1S/C13H10Cl2N2O4/c1-7(18)8-2-3-16-13(4-8)21-12-6-10(15)9(14)5-11(12)17(19)20/h2-7,18H,1H3/t7-/m1/s1. The predicted molar refractivity (Wildman–Crippen MR) is 78.1 cm³/mol. The Morgan fingerprint density at radius 3 is 2.62 bits per heavy atom. The van der Waals surface area contributed by atoms with E-state index in [0.29, 0.717) is 5.56 Å². The third-order valence-corrected chi connectivity index (χ3v) is 3.38. The van der Waals surface area contributed by atoms with E-state index in [0.717, 1.165) is 6.07 Å². The molecule has 0 unspecified atom stereocenters. The fourth-order valence-electron chi connectivity index (χ4n) is 1.60. The van der Waals surface area contributed by atoms with Gasteiger partial charge in [-0.2, -0.15) is 0 Å². The molecule has 1 N–H and O–H groups in total.